The molecule has 114 valence electrons. The maximum Gasteiger partial charge on any atom is 0.340 e. The van der Waals surface area contributed by atoms with Crippen LogP contribution >= 0.6 is 17.0 Å². The number of allylic oxidation sites excluding steroid dienone is 1. The highest BCUT2D eigenvalue weighted by Crippen LogP contribution is 2.16. The Labute approximate surface area is 137 Å². The number of ether oxygens (including phenoxy) is 1. The van der Waals surface area contributed by atoms with E-state index in [0.717, 1.165) is 16.8 Å². The van der Waals surface area contributed by atoms with Crippen LogP contribution in [0.15, 0.2) is 48.4 Å². The van der Waals surface area contributed by atoms with Gasteiger partial charge in [-0.2, -0.15) is 5.10 Å². The third kappa shape index (κ3) is 3.30. The molecule has 0 aliphatic carbocycles. The van der Waals surface area contributed by atoms with Crippen LogP contribution < -0.4 is 5.49 Å². The van der Waals surface area contributed by atoms with Crippen LogP contribution in [0.25, 0.3) is 11.3 Å². The maximum absolute atomic E-state index is 11.1. The SMILES string of the molecule is Br.Cc1cc(-c2ccccc2)nn(CC2=C[N+](=O)CO2)c1=N. The van der Waals surface area contributed by atoms with Crippen LogP contribution in [-0.4, -0.2) is 21.3 Å². The van der Waals surface area contributed by atoms with Gasteiger partial charge in [0.2, 0.25) is 0 Å². The first kappa shape index (κ1) is 16.1. The van der Waals surface area contributed by atoms with Gasteiger partial charge in [0.1, 0.15) is 12.0 Å². The molecule has 1 aliphatic heterocycles. The Morgan fingerprint density at radius 2 is 2.09 bits per heavy atom. The highest BCUT2D eigenvalue weighted by Gasteiger charge is 2.20. The van der Waals surface area contributed by atoms with E-state index in [2.05, 4.69) is 5.10 Å². The van der Waals surface area contributed by atoms with Gasteiger partial charge < -0.3 is 4.74 Å². The minimum absolute atomic E-state index is 0. The number of nitrogens with one attached hydrogen (secondary N) is 1. The molecule has 0 saturated heterocycles. The summed E-state index contributed by atoms with van der Waals surface area (Å²) in [6, 6.07) is 11.7. The van der Waals surface area contributed by atoms with Crippen molar-refractivity contribution in [1.29, 1.82) is 5.41 Å². The van der Waals surface area contributed by atoms with E-state index in [1.54, 1.807) is 4.68 Å². The Kier molecular flexibility index (Phi) is 4.87. The molecular formula is C15H16BrN4O2+. The average Bonchev–Trinajstić information content (AvgIpc) is 2.90. The molecule has 0 spiro atoms. The average molecular weight is 364 g/mol. The molecule has 1 N–H and O–H groups in total. The fourth-order valence-corrected chi connectivity index (χ4v) is 2.17. The molecule has 0 fully saturated rings. The highest BCUT2D eigenvalue weighted by molar-refractivity contribution is 8.93. The fourth-order valence-electron chi connectivity index (χ4n) is 2.17. The molecule has 0 amide bonds. The molecule has 0 unspecified atom stereocenters. The molecule has 1 aromatic carbocycles. The molecular weight excluding hydrogens is 348 g/mol. The third-order valence-corrected chi connectivity index (χ3v) is 3.25. The predicted octanol–water partition coefficient (Wildman–Crippen LogP) is 2.52. The van der Waals surface area contributed by atoms with Crippen LogP contribution in [0.3, 0.4) is 0 Å². The lowest BCUT2D eigenvalue weighted by molar-refractivity contribution is -0.500. The summed E-state index contributed by atoms with van der Waals surface area (Å²) < 4.78 is 7.50. The summed E-state index contributed by atoms with van der Waals surface area (Å²) in [4.78, 5) is 11.1. The lowest BCUT2D eigenvalue weighted by Crippen LogP contribution is -2.26. The van der Waals surface area contributed by atoms with Gasteiger partial charge in [-0.3, -0.25) is 5.41 Å². The second kappa shape index (κ2) is 6.65. The van der Waals surface area contributed by atoms with Gasteiger partial charge in [-0.05, 0) is 18.6 Å². The van der Waals surface area contributed by atoms with Gasteiger partial charge in [-0.25, -0.2) is 4.68 Å². The molecule has 0 radical (unpaired) electrons. The Morgan fingerprint density at radius 3 is 2.73 bits per heavy atom. The fraction of sp³-hybridized carbons (Fsp3) is 0.200. The second-order valence-electron chi connectivity index (χ2n) is 4.87. The summed E-state index contributed by atoms with van der Waals surface area (Å²) in [5, 5.41) is 12.6. The molecule has 2 aromatic rings. The second-order valence-corrected chi connectivity index (χ2v) is 4.87. The van der Waals surface area contributed by atoms with Crippen molar-refractivity contribution in [2.75, 3.05) is 6.73 Å². The van der Waals surface area contributed by atoms with E-state index in [1.165, 1.54) is 6.20 Å². The van der Waals surface area contributed by atoms with Crippen LogP contribution in [0.5, 0.6) is 0 Å². The molecule has 0 bridgehead atoms. The van der Waals surface area contributed by atoms with Gasteiger partial charge in [0.25, 0.3) is 6.20 Å². The van der Waals surface area contributed by atoms with Crippen molar-refractivity contribution >= 4 is 17.0 Å². The largest absolute Gasteiger partial charge is 0.429 e. The number of halogens is 1. The first-order valence-corrected chi connectivity index (χ1v) is 6.59. The molecule has 0 atom stereocenters. The van der Waals surface area contributed by atoms with E-state index in [0.29, 0.717) is 16.0 Å². The van der Waals surface area contributed by atoms with Gasteiger partial charge in [0, 0.05) is 10.5 Å². The van der Waals surface area contributed by atoms with E-state index >= 15 is 0 Å². The van der Waals surface area contributed by atoms with Crippen LogP contribution in [0.1, 0.15) is 5.56 Å². The van der Waals surface area contributed by atoms with Crippen molar-refractivity contribution in [1.82, 2.24) is 9.78 Å². The zero-order valence-electron chi connectivity index (χ0n) is 12.0. The molecule has 22 heavy (non-hydrogen) atoms. The first-order chi connectivity index (χ1) is 10.1. The van der Waals surface area contributed by atoms with E-state index in [1.807, 2.05) is 43.3 Å². The molecule has 1 aromatic heterocycles. The van der Waals surface area contributed by atoms with Gasteiger partial charge in [-0.1, -0.05) is 30.3 Å². The molecule has 7 heteroatoms. The number of hydrogen-bond donors (Lipinski definition) is 1. The van der Waals surface area contributed by atoms with Crippen molar-refractivity contribution in [2.45, 2.75) is 13.5 Å². The van der Waals surface area contributed by atoms with Crippen molar-refractivity contribution in [3.05, 3.63) is 64.3 Å². The van der Waals surface area contributed by atoms with Gasteiger partial charge >= 0.3 is 6.73 Å². The highest BCUT2D eigenvalue weighted by atomic mass is 79.9. The van der Waals surface area contributed by atoms with Crippen molar-refractivity contribution in [2.24, 2.45) is 0 Å². The Bertz CT molecular complexity index is 784. The van der Waals surface area contributed by atoms with Crippen molar-refractivity contribution < 1.29 is 9.50 Å². The monoisotopic (exact) mass is 363 g/mol. The van der Waals surface area contributed by atoms with Gasteiger partial charge in [0.05, 0.1) is 10.5 Å². The van der Waals surface area contributed by atoms with E-state index in [-0.39, 0.29) is 30.3 Å². The van der Waals surface area contributed by atoms with Crippen molar-refractivity contribution in [3.8, 4) is 11.3 Å². The number of aryl methyl sites for hydroxylation is 1. The summed E-state index contributed by atoms with van der Waals surface area (Å²) in [7, 11) is 0. The minimum atomic E-state index is 0. The van der Waals surface area contributed by atoms with Crippen LogP contribution in [0.2, 0.25) is 0 Å². The number of aromatic nitrogens is 2. The summed E-state index contributed by atoms with van der Waals surface area (Å²) in [6.07, 6.45) is 1.39. The normalized spacial score (nSPS) is 13.3. The number of hydrogen-bond acceptors (Lipinski definition) is 4. The van der Waals surface area contributed by atoms with Gasteiger partial charge in [-0.15, -0.1) is 17.0 Å². The van der Waals surface area contributed by atoms with Crippen molar-refractivity contribution in [3.63, 3.8) is 0 Å². The summed E-state index contributed by atoms with van der Waals surface area (Å²) in [6.45, 7) is 2.15. The Morgan fingerprint density at radius 1 is 1.36 bits per heavy atom. The van der Waals surface area contributed by atoms with E-state index in [9.17, 15) is 4.91 Å². The van der Waals surface area contributed by atoms with E-state index < -0.39 is 0 Å². The Balaban J connectivity index is 0.00000176. The zero-order valence-corrected chi connectivity index (χ0v) is 13.7. The molecule has 3 rings (SSSR count). The summed E-state index contributed by atoms with van der Waals surface area (Å²) >= 11 is 0. The molecule has 1 aliphatic rings. The number of nitrogens with zero attached hydrogens (tertiary/aromatic N) is 3. The number of benzene rings is 1. The standard InChI is InChI=1S/C15H15N4O2.BrH/c1-11-7-14(12-5-3-2-4-6-12)17-19(15(11)16)9-13-8-18(20)10-21-13;/h2-8,16H,9-10H2,1H3;1H/q+1;. The topological polar surface area (TPSA) is 71.0 Å². The number of rotatable bonds is 3. The lowest BCUT2D eigenvalue weighted by Gasteiger charge is -2.10. The number of nitroso groups, excluding NO2 is 1. The smallest absolute Gasteiger partial charge is 0.340 e. The third-order valence-electron chi connectivity index (χ3n) is 3.25. The Hall–Kier alpha value is -2.28. The molecule has 0 saturated carbocycles. The quantitative estimate of drug-likeness (QED) is 0.851. The summed E-state index contributed by atoms with van der Waals surface area (Å²) in [5.41, 5.74) is 2.91. The molecule has 2 heterocycles. The predicted molar refractivity (Wildman–Crippen MR) is 86.2 cm³/mol. The lowest BCUT2D eigenvalue weighted by atomic mass is 10.1. The van der Waals surface area contributed by atoms with Crippen LogP contribution in [-0.2, 0) is 11.3 Å². The maximum atomic E-state index is 11.1. The van der Waals surface area contributed by atoms with Crippen LogP contribution in [0.4, 0.5) is 0 Å². The minimum Gasteiger partial charge on any atom is -0.429 e. The van der Waals surface area contributed by atoms with Gasteiger partial charge in [0.15, 0.2) is 5.76 Å². The first-order valence-electron chi connectivity index (χ1n) is 6.59. The summed E-state index contributed by atoms with van der Waals surface area (Å²) in [5.74, 6) is 0.514. The van der Waals surface area contributed by atoms with Crippen LogP contribution in [0, 0.1) is 17.2 Å². The molecule has 6 nitrogen and oxygen atoms in total. The zero-order chi connectivity index (χ0) is 14.8. The van der Waals surface area contributed by atoms with E-state index in [4.69, 9.17) is 10.1 Å².